The number of aliphatic hydroxyl groups is 1. The third kappa shape index (κ3) is 3.99. The first-order chi connectivity index (χ1) is 9.69. The van der Waals surface area contributed by atoms with Gasteiger partial charge >= 0.3 is 0 Å². The summed E-state index contributed by atoms with van der Waals surface area (Å²) in [6.45, 7) is 7.27. The molecule has 0 bridgehead atoms. The van der Waals surface area contributed by atoms with Crippen molar-refractivity contribution in [1.82, 2.24) is 0 Å². The van der Waals surface area contributed by atoms with Gasteiger partial charge in [-0.15, -0.1) is 0 Å². The summed E-state index contributed by atoms with van der Waals surface area (Å²) in [7, 11) is 0. The molecule has 0 aliphatic rings. The maximum Gasteiger partial charge on any atom is 0.244 e. The number of benzene rings is 2. The molecule has 0 spiro atoms. The van der Waals surface area contributed by atoms with Crippen LogP contribution < -0.4 is 4.74 Å². The van der Waals surface area contributed by atoms with Crippen LogP contribution in [0.3, 0.4) is 0 Å². The highest BCUT2D eigenvalue weighted by Crippen LogP contribution is 2.19. The second-order valence-corrected chi connectivity index (χ2v) is 4.78. The van der Waals surface area contributed by atoms with Crippen molar-refractivity contribution in [3.8, 4) is 5.75 Å². The molecule has 3 nitrogen and oxygen atoms in total. The summed E-state index contributed by atoms with van der Waals surface area (Å²) in [5, 5.41) is 10.4. The van der Waals surface area contributed by atoms with Gasteiger partial charge in [0.15, 0.2) is 6.10 Å². The number of rotatable bonds is 5. The second kappa shape index (κ2) is 6.95. The van der Waals surface area contributed by atoms with E-state index < -0.39 is 6.10 Å². The van der Waals surface area contributed by atoms with Crippen LogP contribution in [-0.4, -0.2) is 11.7 Å². The van der Waals surface area contributed by atoms with Gasteiger partial charge in [0.05, 0.1) is 0 Å². The van der Waals surface area contributed by atoms with Gasteiger partial charge in [0.2, 0.25) is 6.54 Å². The molecule has 20 heavy (non-hydrogen) atoms. The van der Waals surface area contributed by atoms with Crippen molar-refractivity contribution in [2.24, 2.45) is 0 Å². The van der Waals surface area contributed by atoms with Crippen LogP contribution in [0, 0.1) is 6.57 Å². The van der Waals surface area contributed by atoms with Gasteiger partial charge < -0.3 is 14.7 Å². The monoisotopic (exact) mass is 287 g/mol. The van der Waals surface area contributed by atoms with E-state index in [1.807, 2.05) is 24.3 Å². The zero-order valence-electron chi connectivity index (χ0n) is 10.8. The van der Waals surface area contributed by atoms with Crippen molar-refractivity contribution in [3.63, 3.8) is 0 Å². The molecule has 0 aliphatic heterocycles. The summed E-state index contributed by atoms with van der Waals surface area (Å²) in [6, 6.07) is 14.6. The maximum absolute atomic E-state index is 9.68. The number of aliphatic hydroxyl groups excluding tert-OH is 1. The maximum atomic E-state index is 9.68. The van der Waals surface area contributed by atoms with E-state index in [0.29, 0.717) is 11.6 Å². The summed E-state index contributed by atoms with van der Waals surface area (Å²) in [6.07, 6.45) is -0.738. The fourth-order valence-electron chi connectivity index (χ4n) is 1.73. The van der Waals surface area contributed by atoms with Crippen LogP contribution in [0.4, 0.5) is 0 Å². The predicted molar refractivity (Wildman–Crippen MR) is 78.7 cm³/mol. The van der Waals surface area contributed by atoms with Gasteiger partial charge in [-0.3, -0.25) is 0 Å². The van der Waals surface area contributed by atoms with Crippen molar-refractivity contribution >= 4 is 11.6 Å². The molecule has 2 aromatic rings. The van der Waals surface area contributed by atoms with E-state index in [9.17, 15) is 5.11 Å². The van der Waals surface area contributed by atoms with E-state index in [1.54, 1.807) is 24.3 Å². The van der Waals surface area contributed by atoms with Gasteiger partial charge in [-0.1, -0.05) is 35.9 Å². The molecule has 0 heterocycles. The predicted octanol–water partition coefficient (Wildman–Crippen LogP) is 3.87. The molecule has 4 heteroatoms. The minimum atomic E-state index is -0.738. The smallest absolute Gasteiger partial charge is 0.244 e. The fraction of sp³-hybridized carbons (Fsp3) is 0.188. The van der Waals surface area contributed by atoms with Crippen molar-refractivity contribution in [2.45, 2.75) is 12.7 Å². The van der Waals surface area contributed by atoms with Gasteiger partial charge in [0.25, 0.3) is 0 Å². The van der Waals surface area contributed by atoms with Crippen molar-refractivity contribution < 1.29 is 9.84 Å². The highest BCUT2D eigenvalue weighted by Gasteiger charge is 2.09. The number of halogens is 1. The van der Waals surface area contributed by atoms with Crippen LogP contribution in [0.1, 0.15) is 17.2 Å². The number of nitrogens with zero attached hydrogens (tertiary/aromatic N) is 1. The summed E-state index contributed by atoms with van der Waals surface area (Å²) in [5.74, 6) is 0.721. The molecule has 1 N–H and O–H groups in total. The Kier molecular flexibility index (Phi) is 5.00. The molecule has 0 fully saturated rings. The number of hydrogen-bond acceptors (Lipinski definition) is 2. The van der Waals surface area contributed by atoms with E-state index in [1.165, 1.54) is 0 Å². The highest BCUT2D eigenvalue weighted by molar-refractivity contribution is 6.30. The molecular formula is C16H14ClNO2. The summed E-state index contributed by atoms with van der Waals surface area (Å²) in [4.78, 5) is 3.18. The SMILES string of the molecule is [C-]#[N+]CC(O)c1ccc(OCc2ccc(Cl)cc2)cc1. The Balaban J connectivity index is 1.94. The zero-order valence-corrected chi connectivity index (χ0v) is 11.5. The van der Waals surface area contributed by atoms with Gasteiger partial charge in [-0.05, 0) is 35.4 Å². The minimum Gasteiger partial charge on any atom is -0.489 e. The first-order valence-corrected chi connectivity index (χ1v) is 6.55. The molecule has 1 atom stereocenters. The first-order valence-electron chi connectivity index (χ1n) is 6.17. The van der Waals surface area contributed by atoms with Crippen LogP contribution in [0.5, 0.6) is 5.75 Å². The molecule has 0 aromatic heterocycles. The molecule has 102 valence electrons. The van der Waals surface area contributed by atoms with Crippen molar-refractivity contribution in [3.05, 3.63) is 76.1 Å². The topological polar surface area (TPSA) is 33.8 Å². The van der Waals surface area contributed by atoms with E-state index >= 15 is 0 Å². The lowest BCUT2D eigenvalue weighted by atomic mass is 10.1. The van der Waals surface area contributed by atoms with E-state index in [2.05, 4.69) is 4.85 Å². The van der Waals surface area contributed by atoms with Gasteiger partial charge in [-0.2, -0.15) is 0 Å². The van der Waals surface area contributed by atoms with E-state index in [0.717, 1.165) is 16.9 Å². The quantitative estimate of drug-likeness (QED) is 0.847. The average Bonchev–Trinajstić information content (AvgIpc) is 2.47. The molecular weight excluding hydrogens is 274 g/mol. The van der Waals surface area contributed by atoms with E-state index in [4.69, 9.17) is 22.9 Å². The summed E-state index contributed by atoms with van der Waals surface area (Å²) >= 11 is 5.82. The average molecular weight is 288 g/mol. The van der Waals surface area contributed by atoms with Crippen LogP contribution in [0.2, 0.25) is 5.02 Å². The molecule has 1 unspecified atom stereocenters. The third-order valence-electron chi connectivity index (χ3n) is 2.85. The van der Waals surface area contributed by atoms with Crippen LogP contribution in [0.25, 0.3) is 4.85 Å². The first kappa shape index (κ1) is 14.4. The molecule has 0 amide bonds. The Labute approximate surface area is 123 Å². The standard InChI is InChI=1S/C16H14ClNO2/c1-18-10-16(19)13-4-8-15(9-5-13)20-11-12-2-6-14(17)7-3-12/h2-9,16,19H,10-11H2. The Morgan fingerprint density at radius 2 is 1.75 bits per heavy atom. The largest absolute Gasteiger partial charge is 0.489 e. The molecule has 0 saturated carbocycles. The van der Waals surface area contributed by atoms with Gasteiger partial charge in [0.1, 0.15) is 12.4 Å². The molecule has 0 aliphatic carbocycles. The third-order valence-corrected chi connectivity index (χ3v) is 3.10. The lowest BCUT2D eigenvalue weighted by Gasteiger charge is -2.08. The van der Waals surface area contributed by atoms with Crippen LogP contribution in [0.15, 0.2) is 48.5 Å². The molecule has 0 saturated heterocycles. The molecule has 2 aromatic carbocycles. The Bertz CT molecular complexity index is 587. The Morgan fingerprint density at radius 3 is 2.35 bits per heavy atom. The van der Waals surface area contributed by atoms with Crippen LogP contribution in [-0.2, 0) is 6.61 Å². The summed E-state index contributed by atoms with van der Waals surface area (Å²) in [5.41, 5.74) is 1.76. The Hall–Kier alpha value is -2.02. The van der Waals surface area contributed by atoms with Gasteiger partial charge in [-0.25, -0.2) is 6.57 Å². The lowest BCUT2D eigenvalue weighted by molar-refractivity contribution is 0.195. The van der Waals surface area contributed by atoms with E-state index in [-0.39, 0.29) is 6.54 Å². The highest BCUT2D eigenvalue weighted by atomic mass is 35.5. The number of ether oxygens (including phenoxy) is 1. The summed E-state index contributed by atoms with van der Waals surface area (Å²) < 4.78 is 5.64. The molecule has 0 radical (unpaired) electrons. The normalized spacial score (nSPS) is 11.7. The fourth-order valence-corrected chi connectivity index (χ4v) is 1.85. The van der Waals surface area contributed by atoms with Crippen LogP contribution >= 0.6 is 11.6 Å². The molecule has 2 rings (SSSR count). The number of hydrogen-bond donors (Lipinski definition) is 1. The minimum absolute atomic E-state index is 0.0744. The Morgan fingerprint density at radius 1 is 1.10 bits per heavy atom. The zero-order chi connectivity index (χ0) is 14.4. The van der Waals surface area contributed by atoms with Gasteiger partial charge in [0, 0.05) is 5.02 Å². The lowest BCUT2D eigenvalue weighted by Crippen LogP contribution is -2.00. The van der Waals surface area contributed by atoms with Crippen molar-refractivity contribution in [2.75, 3.05) is 6.54 Å². The van der Waals surface area contributed by atoms with Crippen molar-refractivity contribution in [1.29, 1.82) is 0 Å². The second-order valence-electron chi connectivity index (χ2n) is 4.34.